The van der Waals surface area contributed by atoms with Gasteiger partial charge in [0.1, 0.15) is 16.6 Å². The highest BCUT2D eigenvalue weighted by molar-refractivity contribution is 7.14. The highest BCUT2D eigenvalue weighted by Crippen LogP contribution is 2.31. The monoisotopic (exact) mass is 490 g/mol. The number of aromatic nitrogens is 3. The third-order valence-electron chi connectivity index (χ3n) is 5.85. The minimum Gasteiger partial charge on any atom is -0.503 e. The fourth-order valence-corrected chi connectivity index (χ4v) is 5.13. The third-order valence-corrected chi connectivity index (χ3v) is 6.81. The number of fused-ring (bicyclic) bond motifs is 2. The number of methoxy groups -OCH3 is 1. The van der Waals surface area contributed by atoms with E-state index in [9.17, 15) is 23.5 Å². The van der Waals surface area contributed by atoms with Crippen molar-refractivity contribution in [2.45, 2.75) is 32.2 Å². The summed E-state index contributed by atoms with van der Waals surface area (Å²) in [6.07, 6.45) is 1.68. The third kappa shape index (κ3) is 3.87. The van der Waals surface area contributed by atoms with Gasteiger partial charge < -0.3 is 24.0 Å². The summed E-state index contributed by atoms with van der Waals surface area (Å²) in [5.74, 6) is -2.56. The van der Waals surface area contributed by atoms with Gasteiger partial charge in [-0.1, -0.05) is 11.3 Å². The zero-order valence-corrected chi connectivity index (χ0v) is 18.9. The molecule has 1 aromatic carbocycles. The first-order valence-corrected chi connectivity index (χ1v) is 11.4. The molecule has 34 heavy (non-hydrogen) atoms. The van der Waals surface area contributed by atoms with Crippen molar-refractivity contribution in [3.05, 3.63) is 62.0 Å². The molecule has 12 heteroatoms. The van der Waals surface area contributed by atoms with Gasteiger partial charge in [-0.15, -0.1) is 10.2 Å². The first kappa shape index (κ1) is 22.6. The van der Waals surface area contributed by atoms with Crippen molar-refractivity contribution in [2.75, 3.05) is 20.3 Å². The number of benzene rings is 1. The van der Waals surface area contributed by atoms with Crippen molar-refractivity contribution in [3.8, 4) is 16.3 Å². The number of hydrogen-bond acceptors (Lipinski definition) is 8. The van der Waals surface area contributed by atoms with Crippen molar-refractivity contribution in [1.29, 1.82) is 0 Å². The van der Waals surface area contributed by atoms with Crippen LogP contribution in [0.15, 0.2) is 23.1 Å². The van der Waals surface area contributed by atoms with Crippen LogP contribution in [0.5, 0.6) is 5.75 Å². The fraction of sp³-hybridized carbons (Fsp3) is 0.364. The zero-order valence-electron chi connectivity index (χ0n) is 18.1. The molecule has 5 rings (SSSR count). The number of carbonyl (C=O) groups excluding carboxylic acids is 1. The first-order valence-electron chi connectivity index (χ1n) is 10.5. The molecule has 0 radical (unpaired) electrons. The van der Waals surface area contributed by atoms with Crippen LogP contribution in [0.4, 0.5) is 8.78 Å². The second-order valence-corrected chi connectivity index (χ2v) is 9.10. The number of ether oxygens (including phenoxy) is 2. The Labute approximate surface area is 196 Å². The quantitative estimate of drug-likeness (QED) is 0.585. The van der Waals surface area contributed by atoms with Crippen molar-refractivity contribution in [1.82, 2.24) is 19.7 Å². The maximum atomic E-state index is 14.5. The van der Waals surface area contributed by atoms with Gasteiger partial charge in [-0.05, 0) is 18.1 Å². The number of amides is 1. The number of nitrogens with zero attached hydrogens (tertiary/aromatic N) is 4. The Morgan fingerprint density at radius 1 is 1.29 bits per heavy atom. The average molecular weight is 490 g/mol. The molecule has 1 atom stereocenters. The van der Waals surface area contributed by atoms with Crippen LogP contribution in [0.25, 0.3) is 10.6 Å². The maximum absolute atomic E-state index is 14.5. The van der Waals surface area contributed by atoms with Gasteiger partial charge in [0.25, 0.3) is 5.91 Å². The molecule has 1 N–H and O–H groups in total. The van der Waals surface area contributed by atoms with Gasteiger partial charge in [0.2, 0.25) is 5.43 Å². The number of carbonyl (C=O) groups is 1. The van der Waals surface area contributed by atoms with Gasteiger partial charge in [0.15, 0.2) is 22.7 Å². The Morgan fingerprint density at radius 2 is 2.12 bits per heavy atom. The molecule has 0 bridgehead atoms. The van der Waals surface area contributed by atoms with E-state index in [1.807, 2.05) is 0 Å². The number of rotatable bonds is 5. The number of hydrogen-bond donors (Lipinski definition) is 1. The van der Waals surface area contributed by atoms with Crippen molar-refractivity contribution in [3.63, 3.8) is 0 Å². The van der Waals surface area contributed by atoms with Gasteiger partial charge in [-0.2, -0.15) is 0 Å². The second kappa shape index (κ2) is 8.85. The van der Waals surface area contributed by atoms with E-state index in [4.69, 9.17) is 9.47 Å². The molecule has 1 fully saturated rings. The average Bonchev–Trinajstić information content (AvgIpc) is 3.27. The van der Waals surface area contributed by atoms with E-state index in [0.29, 0.717) is 30.1 Å². The molecule has 2 aromatic heterocycles. The lowest BCUT2D eigenvalue weighted by molar-refractivity contribution is -0.0919. The van der Waals surface area contributed by atoms with Gasteiger partial charge >= 0.3 is 0 Å². The zero-order chi connectivity index (χ0) is 24.0. The van der Waals surface area contributed by atoms with E-state index in [-0.39, 0.29) is 41.4 Å². The van der Waals surface area contributed by atoms with Crippen LogP contribution in [0.3, 0.4) is 0 Å². The minimum atomic E-state index is -0.744. The molecular weight excluding hydrogens is 470 g/mol. The van der Waals surface area contributed by atoms with Crippen molar-refractivity contribution < 1.29 is 28.2 Å². The van der Waals surface area contributed by atoms with Crippen LogP contribution in [-0.2, 0) is 29.0 Å². The molecule has 1 amide bonds. The molecule has 1 saturated heterocycles. The summed E-state index contributed by atoms with van der Waals surface area (Å²) in [6, 6.07) is 1.99. The Morgan fingerprint density at radius 3 is 2.91 bits per heavy atom. The minimum absolute atomic E-state index is 0.0179. The van der Waals surface area contributed by atoms with E-state index in [1.165, 1.54) is 28.8 Å². The summed E-state index contributed by atoms with van der Waals surface area (Å²) < 4.78 is 40.3. The van der Waals surface area contributed by atoms with Gasteiger partial charge in [-0.3, -0.25) is 9.59 Å². The lowest BCUT2D eigenvalue weighted by atomic mass is 10.0. The summed E-state index contributed by atoms with van der Waals surface area (Å²) >= 11 is 1.04. The SMILES string of the molecule is COCc1cc(F)cc(F)c1Cc1nnc(-c2cn3c(c(O)c2=O)C(=O)N2CCCOC2C3)s1. The van der Waals surface area contributed by atoms with E-state index in [1.54, 1.807) is 0 Å². The molecule has 1 unspecified atom stereocenters. The largest absolute Gasteiger partial charge is 0.503 e. The van der Waals surface area contributed by atoms with Crippen molar-refractivity contribution in [2.24, 2.45) is 0 Å². The molecule has 178 valence electrons. The van der Waals surface area contributed by atoms with Crippen LogP contribution in [0.1, 0.15) is 33.0 Å². The standard InChI is InChI=1S/C22H20F2N4O5S/c1-32-10-11-5-12(23)6-15(24)13(11)7-16-25-26-21(34-16)14-8-27-9-17-28(3-2-4-33-17)22(31)18(27)20(30)19(14)29/h5-6,8,17,30H,2-4,7,9-10H2,1H3. The molecule has 0 aliphatic carbocycles. The summed E-state index contributed by atoms with van der Waals surface area (Å²) in [5, 5.41) is 19.3. The van der Waals surface area contributed by atoms with Gasteiger partial charge in [0.05, 0.1) is 25.3 Å². The molecule has 3 aromatic rings. The van der Waals surface area contributed by atoms with Crippen LogP contribution >= 0.6 is 11.3 Å². The second-order valence-electron chi connectivity index (χ2n) is 8.04. The lowest BCUT2D eigenvalue weighted by Crippen LogP contribution is -2.53. The van der Waals surface area contributed by atoms with E-state index in [0.717, 1.165) is 17.4 Å². The topological polar surface area (TPSA) is 107 Å². The van der Waals surface area contributed by atoms with Crippen LogP contribution < -0.4 is 5.43 Å². The molecule has 0 saturated carbocycles. The molecular formula is C22H20F2N4O5S. The summed E-state index contributed by atoms with van der Waals surface area (Å²) in [5.41, 5.74) is -0.196. The van der Waals surface area contributed by atoms with E-state index in [2.05, 4.69) is 10.2 Å². The number of pyridine rings is 1. The van der Waals surface area contributed by atoms with Crippen LogP contribution in [0, 0.1) is 11.6 Å². The maximum Gasteiger partial charge on any atom is 0.276 e. The highest BCUT2D eigenvalue weighted by atomic mass is 32.1. The predicted octanol–water partition coefficient (Wildman–Crippen LogP) is 2.29. The Bertz CT molecular complexity index is 1340. The number of aromatic hydroxyl groups is 1. The van der Waals surface area contributed by atoms with Gasteiger partial charge in [-0.25, -0.2) is 8.78 Å². The van der Waals surface area contributed by atoms with E-state index < -0.39 is 34.9 Å². The fourth-order valence-electron chi connectivity index (χ4n) is 4.27. The summed E-state index contributed by atoms with van der Waals surface area (Å²) in [6.45, 7) is 1.29. The summed E-state index contributed by atoms with van der Waals surface area (Å²) in [7, 11) is 1.42. The smallest absolute Gasteiger partial charge is 0.276 e. The van der Waals surface area contributed by atoms with Gasteiger partial charge in [0, 0.05) is 37.9 Å². The Hall–Kier alpha value is -3.22. The number of halogens is 2. The molecule has 9 nitrogen and oxygen atoms in total. The van der Waals surface area contributed by atoms with Crippen LogP contribution in [0.2, 0.25) is 0 Å². The normalized spacial score (nSPS) is 17.6. The molecule has 4 heterocycles. The Balaban J connectivity index is 1.50. The predicted molar refractivity (Wildman–Crippen MR) is 117 cm³/mol. The lowest BCUT2D eigenvalue weighted by Gasteiger charge is -2.40. The molecule has 2 aliphatic rings. The molecule has 2 aliphatic heterocycles. The van der Waals surface area contributed by atoms with E-state index >= 15 is 0 Å². The van der Waals surface area contributed by atoms with Crippen molar-refractivity contribution >= 4 is 17.2 Å². The summed E-state index contributed by atoms with van der Waals surface area (Å²) in [4.78, 5) is 27.3. The highest BCUT2D eigenvalue weighted by Gasteiger charge is 2.37. The Kier molecular flexibility index (Phi) is 5.88. The molecule has 0 spiro atoms. The first-order chi connectivity index (χ1) is 16.4. The van der Waals surface area contributed by atoms with Crippen LogP contribution in [-0.4, -0.2) is 57.2 Å².